The number of fused-ring (bicyclic) bond motifs is 1. The van der Waals surface area contributed by atoms with E-state index in [-0.39, 0.29) is 5.91 Å². The Balaban J connectivity index is 1.55. The molecule has 0 unspecified atom stereocenters. The lowest BCUT2D eigenvalue weighted by atomic mass is 10.2. The second-order valence-corrected chi connectivity index (χ2v) is 6.20. The van der Waals surface area contributed by atoms with Crippen molar-refractivity contribution >= 4 is 34.8 Å². The van der Waals surface area contributed by atoms with Gasteiger partial charge >= 0.3 is 0 Å². The number of carbonyl (C=O) groups excluding carboxylic acids is 1. The number of para-hydroxylation sites is 1. The third kappa shape index (κ3) is 3.65. The van der Waals surface area contributed by atoms with Gasteiger partial charge < -0.3 is 4.98 Å². The van der Waals surface area contributed by atoms with E-state index in [1.54, 1.807) is 6.21 Å². The van der Waals surface area contributed by atoms with Crippen LogP contribution in [0.25, 0.3) is 10.9 Å². The van der Waals surface area contributed by atoms with Crippen molar-refractivity contribution in [2.24, 2.45) is 5.10 Å². The Bertz CT molecular complexity index is 646. The number of carbonyl (C=O) groups is 1. The van der Waals surface area contributed by atoms with E-state index in [4.69, 9.17) is 0 Å². The van der Waals surface area contributed by atoms with Gasteiger partial charge in [-0.15, -0.1) is 0 Å². The Labute approximate surface area is 127 Å². The van der Waals surface area contributed by atoms with E-state index in [0.29, 0.717) is 6.54 Å². The molecule has 2 N–H and O–H groups in total. The SMILES string of the molecule is O=C(CN1CCSCC1)NN=Cc1c[nH]c2ccccc12. The van der Waals surface area contributed by atoms with E-state index in [9.17, 15) is 4.79 Å². The van der Waals surface area contributed by atoms with Gasteiger partial charge in [0.2, 0.25) is 0 Å². The molecule has 110 valence electrons. The fourth-order valence-corrected chi connectivity index (χ4v) is 3.35. The Morgan fingerprint density at radius 1 is 1.38 bits per heavy atom. The zero-order valence-corrected chi connectivity index (χ0v) is 12.5. The van der Waals surface area contributed by atoms with Crippen LogP contribution >= 0.6 is 11.8 Å². The zero-order valence-electron chi connectivity index (χ0n) is 11.7. The molecule has 5 nitrogen and oxygen atoms in total. The van der Waals surface area contributed by atoms with E-state index in [1.165, 1.54) is 0 Å². The van der Waals surface area contributed by atoms with Crippen LogP contribution in [0.4, 0.5) is 0 Å². The summed E-state index contributed by atoms with van der Waals surface area (Å²) in [4.78, 5) is 17.2. The van der Waals surface area contributed by atoms with Gasteiger partial charge in [-0.25, -0.2) is 5.43 Å². The Kier molecular flexibility index (Phi) is 4.57. The van der Waals surface area contributed by atoms with E-state index in [2.05, 4.69) is 20.4 Å². The van der Waals surface area contributed by atoms with E-state index in [0.717, 1.165) is 41.1 Å². The number of hydrogen-bond acceptors (Lipinski definition) is 4. The summed E-state index contributed by atoms with van der Waals surface area (Å²) in [5, 5.41) is 5.15. The Morgan fingerprint density at radius 3 is 3.05 bits per heavy atom. The molecule has 1 fully saturated rings. The lowest BCUT2D eigenvalue weighted by Gasteiger charge is -2.24. The molecule has 3 rings (SSSR count). The first-order valence-electron chi connectivity index (χ1n) is 7.01. The van der Waals surface area contributed by atoms with Crippen molar-refractivity contribution in [2.45, 2.75) is 0 Å². The van der Waals surface area contributed by atoms with Crippen LogP contribution in [0, 0.1) is 0 Å². The summed E-state index contributed by atoms with van der Waals surface area (Å²) in [5.74, 6) is 2.15. The highest BCUT2D eigenvalue weighted by Gasteiger charge is 2.13. The van der Waals surface area contributed by atoms with E-state index >= 15 is 0 Å². The number of thioether (sulfide) groups is 1. The first-order valence-corrected chi connectivity index (χ1v) is 8.16. The Hall–Kier alpha value is -1.79. The van der Waals surface area contributed by atoms with Crippen molar-refractivity contribution < 1.29 is 4.79 Å². The van der Waals surface area contributed by atoms with Crippen molar-refractivity contribution in [3.63, 3.8) is 0 Å². The molecule has 1 aromatic carbocycles. The molecule has 1 aliphatic heterocycles. The minimum absolute atomic E-state index is 0.0574. The topological polar surface area (TPSA) is 60.5 Å². The maximum absolute atomic E-state index is 11.8. The summed E-state index contributed by atoms with van der Waals surface area (Å²) in [6.07, 6.45) is 3.57. The van der Waals surface area contributed by atoms with Gasteiger partial charge in [-0.2, -0.15) is 16.9 Å². The van der Waals surface area contributed by atoms with Crippen LogP contribution in [-0.4, -0.2) is 53.1 Å². The normalized spacial score (nSPS) is 16.6. The highest BCUT2D eigenvalue weighted by atomic mass is 32.2. The first kappa shape index (κ1) is 14.2. The molecule has 1 amide bonds. The summed E-state index contributed by atoms with van der Waals surface area (Å²) in [6.45, 7) is 2.38. The standard InChI is InChI=1S/C15H18N4OS/c20-15(11-19-5-7-21-8-6-19)18-17-10-12-9-16-14-4-2-1-3-13(12)14/h1-4,9-10,16H,5-8,11H2,(H,18,20). The molecule has 1 saturated heterocycles. The van der Waals surface area contributed by atoms with Crippen LogP contribution in [0.1, 0.15) is 5.56 Å². The lowest BCUT2D eigenvalue weighted by Crippen LogP contribution is -2.40. The van der Waals surface area contributed by atoms with Crippen LogP contribution in [0.15, 0.2) is 35.6 Å². The molecular formula is C15H18N4OS. The fourth-order valence-electron chi connectivity index (χ4n) is 2.37. The van der Waals surface area contributed by atoms with Crippen molar-refractivity contribution in [3.8, 4) is 0 Å². The predicted molar refractivity (Wildman–Crippen MR) is 87.8 cm³/mol. The van der Waals surface area contributed by atoms with Crippen molar-refractivity contribution in [2.75, 3.05) is 31.1 Å². The van der Waals surface area contributed by atoms with Gasteiger partial charge in [0.05, 0.1) is 12.8 Å². The van der Waals surface area contributed by atoms with Gasteiger partial charge in [-0.3, -0.25) is 9.69 Å². The number of rotatable bonds is 4. The number of hydrazone groups is 1. The Morgan fingerprint density at radius 2 is 2.19 bits per heavy atom. The molecular weight excluding hydrogens is 284 g/mol. The maximum atomic E-state index is 11.8. The molecule has 21 heavy (non-hydrogen) atoms. The molecule has 2 aromatic rings. The smallest absolute Gasteiger partial charge is 0.254 e. The first-order chi connectivity index (χ1) is 10.3. The number of aromatic nitrogens is 1. The molecule has 1 aliphatic rings. The summed E-state index contributed by atoms with van der Waals surface area (Å²) in [7, 11) is 0. The number of H-pyrrole nitrogens is 1. The van der Waals surface area contributed by atoms with Gasteiger partial charge in [0.15, 0.2) is 0 Å². The average molecular weight is 302 g/mol. The van der Waals surface area contributed by atoms with Crippen molar-refractivity contribution in [1.82, 2.24) is 15.3 Å². The molecule has 0 aliphatic carbocycles. The van der Waals surface area contributed by atoms with E-state index < -0.39 is 0 Å². The molecule has 6 heteroatoms. The van der Waals surface area contributed by atoms with Gasteiger partial charge in [-0.05, 0) is 6.07 Å². The number of nitrogens with one attached hydrogen (secondary N) is 2. The van der Waals surface area contributed by atoms with Crippen molar-refractivity contribution in [3.05, 3.63) is 36.0 Å². The highest BCUT2D eigenvalue weighted by molar-refractivity contribution is 7.99. The molecule has 0 spiro atoms. The molecule has 0 bridgehead atoms. The third-order valence-corrected chi connectivity index (χ3v) is 4.43. The molecule has 1 aromatic heterocycles. The lowest BCUT2D eigenvalue weighted by molar-refractivity contribution is -0.122. The molecule has 0 atom stereocenters. The van der Waals surface area contributed by atoms with Gasteiger partial charge in [0, 0.05) is 47.3 Å². The van der Waals surface area contributed by atoms with Gasteiger partial charge in [-0.1, -0.05) is 18.2 Å². The predicted octanol–water partition coefficient (Wildman–Crippen LogP) is 1.67. The van der Waals surface area contributed by atoms with Crippen LogP contribution < -0.4 is 5.43 Å². The maximum Gasteiger partial charge on any atom is 0.254 e. The summed E-state index contributed by atoms with van der Waals surface area (Å²) < 4.78 is 0. The van der Waals surface area contributed by atoms with Gasteiger partial charge in [0.25, 0.3) is 5.91 Å². The minimum Gasteiger partial charge on any atom is -0.361 e. The fraction of sp³-hybridized carbons (Fsp3) is 0.333. The van der Waals surface area contributed by atoms with Crippen LogP contribution in [0.3, 0.4) is 0 Å². The minimum atomic E-state index is -0.0574. The molecule has 0 radical (unpaired) electrons. The van der Waals surface area contributed by atoms with Crippen LogP contribution in [0.5, 0.6) is 0 Å². The van der Waals surface area contributed by atoms with Crippen molar-refractivity contribution in [1.29, 1.82) is 0 Å². The monoisotopic (exact) mass is 302 g/mol. The third-order valence-electron chi connectivity index (χ3n) is 3.49. The zero-order chi connectivity index (χ0) is 14.5. The van der Waals surface area contributed by atoms with Gasteiger partial charge in [0.1, 0.15) is 0 Å². The number of hydrogen-bond donors (Lipinski definition) is 2. The van der Waals surface area contributed by atoms with Crippen LogP contribution in [0.2, 0.25) is 0 Å². The number of aromatic amines is 1. The number of amides is 1. The second-order valence-electron chi connectivity index (χ2n) is 4.97. The molecule has 2 heterocycles. The molecule has 0 saturated carbocycles. The van der Waals surface area contributed by atoms with Crippen LogP contribution in [-0.2, 0) is 4.79 Å². The largest absolute Gasteiger partial charge is 0.361 e. The summed E-state index contributed by atoms with van der Waals surface area (Å²) in [6, 6.07) is 8.01. The average Bonchev–Trinajstić information content (AvgIpc) is 2.92. The highest BCUT2D eigenvalue weighted by Crippen LogP contribution is 2.15. The number of benzene rings is 1. The summed E-state index contributed by atoms with van der Waals surface area (Å²) in [5.41, 5.74) is 4.64. The quantitative estimate of drug-likeness (QED) is 0.667. The summed E-state index contributed by atoms with van der Waals surface area (Å²) >= 11 is 1.94. The van der Waals surface area contributed by atoms with E-state index in [1.807, 2.05) is 42.2 Å². The number of nitrogens with zero attached hydrogens (tertiary/aromatic N) is 2. The second kappa shape index (κ2) is 6.78.